The van der Waals surface area contributed by atoms with E-state index >= 15 is 0 Å². The second-order valence-electron chi connectivity index (χ2n) is 6.95. The number of esters is 1. The molecule has 0 aliphatic carbocycles. The molecule has 5 N–H and O–H groups in total. The highest BCUT2D eigenvalue weighted by molar-refractivity contribution is 5.69. The monoisotopic (exact) mass is 378 g/mol. The van der Waals surface area contributed by atoms with Crippen LogP contribution in [0.25, 0.3) is 0 Å². The summed E-state index contributed by atoms with van der Waals surface area (Å²) in [7, 11) is 0. The van der Waals surface area contributed by atoms with E-state index in [0.717, 1.165) is 19.3 Å². The topological polar surface area (TPSA) is 137 Å². The molecule has 8 heteroatoms. The maximum Gasteiger partial charge on any atom is 0.357 e. The lowest BCUT2D eigenvalue weighted by molar-refractivity contribution is -0.434. The Morgan fingerprint density at radius 2 is 1.50 bits per heavy atom. The molecule has 0 aromatic rings. The Labute approximate surface area is 154 Å². The summed E-state index contributed by atoms with van der Waals surface area (Å²) in [6, 6.07) is 0. The van der Waals surface area contributed by atoms with E-state index < -0.39 is 43.0 Å². The number of hydrogen-bond donors (Lipinski definition) is 5. The molecule has 0 bridgehead atoms. The van der Waals surface area contributed by atoms with Crippen molar-refractivity contribution in [3.63, 3.8) is 0 Å². The van der Waals surface area contributed by atoms with Crippen LogP contribution in [-0.2, 0) is 14.3 Å². The van der Waals surface area contributed by atoms with E-state index in [1.807, 2.05) is 0 Å². The standard InChI is InChI=1S/C18H34O8/c1-2-3-4-5-6-7-8-9-10-11-14(20)26-18(24)17(23)16(22)15(21)13(12-19)25-18/h13,15-17,19,21-24H,2-12H2,1H3/t13-,15-,16+,17-,18?/m1/s1. The average Bonchev–Trinajstić information content (AvgIpc) is 2.62. The van der Waals surface area contributed by atoms with Crippen LogP contribution in [-0.4, -0.2) is 68.5 Å². The van der Waals surface area contributed by atoms with E-state index in [0.29, 0.717) is 6.42 Å². The highest BCUT2D eigenvalue weighted by Crippen LogP contribution is 2.29. The van der Waals surface area contributed by atoms with Crippen LogP contribution in [0.4, 0.5) is 0 Å². The molecule has 1 unspecified atom stereocenters. The van der Waals surface area contributed by atoms with Gasteiger partial charge in [-0.2, -0.15) is 0 Å². The summed E-state index contributed by atoms with van der Waals surface area (Å²) in [6.07, 6.45) is 2.95. The first kappa shape index (κ1) is 23.3. The lowest BCUT2D eigenvalue weighted by atomic mass is 9.98. The van der Waals surface area contributed by atoms with Gasteiger partial charge in [-0.1, -0.05) is 58.3 Å². The third-order valence-corrected chi connectivity index (χ3v) is 4.67. The molecule has 8 nitrogen and oxygen atoms in total. The van der Waals surface area contributed by atoms with Gasteiger partial charge in [-0.15, -0.1) is 0 Å². The van der Waals surface area contributed by atoms with Crippen molar-refractivity contribution in [3.05, 3.63) is 0 Å². The van der Waals surface area contributed by atoms with Crippen molar-refractivity contribution in [2.45, 2.75) is 102 Å². The minimum absolute atomic E-state index is 0.0384. The molecule has 5 atom stereocenters. The zero-order valence-corrected chi connectivity index (χ0v) is 15.5. The molecule has 1 saturated heterocycles. The molecule has 1 heterocycles. The normalized spacial score (nSPS) is 31.8. The van der Waals surface area contributed by atoms with Crippen LogP contribution in [0.5, 0.6) is 0 Å². The molecule has 0 saturated carbocycles. The van der Waals surface area contributed by atoms with Gasteiger partial charge in [-0.05, 0) is 6.42 Å². The highest BCUT2D eigenvalue weighted by atomic mass is 16.8. The molecule has 1 fully saturated rings. The fourth-order valence-electron chi connectivity index (χ4n) is 3.00. The average molecular weight is 378 g/mol. The summed E-state index contributed by atoms with van der Waals surface area (Å²) in [4.78, 5) is 11.9. The molecule has 1 aliphatic rings. The summed E-state index contributed by atoms with van der Waals surface area (Å²) in [6.45, 7) is 1.46. The van der Waals surface area contributed by atoms with Crippen molar-refractivity contribution >= 4 is 5.97 Å². The molecular formula is C18H34O8. The Morgan fingerprint density at radius 1 is 0.962 bits per heavy atom. The lowest BCUT2D eigenvalue weighted by Gasteiger charge is -2.43. The summed E-state index contributed by atoms with van der Waals surface area (Å²) in [5.74, 6) is -3.57. The van der Waals surface area contributed by atoms with Gasteiger partial charge in [0.1, 0.15) is 18.3 Å². The molecule has 0 spiro atoms. The number of unbranched alkanes of at least 4 members (excludes halogenated alkanes) is 8. The van der Waals surface area contributed by atoms with E-state index in [2.05, 4.69) is 6.92 Å². The largest absolute Gasteiger partial charge is 0.406 e. The zero-order chi connectivity index (χ0) is 19.6. The van der Waals surface area contributed by atoms with Gasteiger partial charge < -0.3 is 35.0 Å². The van der Waals surface area contributed by atoms with Gasteiger partial charge in [-0.3, -0.25) is 4.79 Å². The fraction of sp³-hybridized carbons (Fsp3) is 0.944. The summed E-state index contributed by atoms with van der Waals surface area (Å²) < 4.78 is 9.66. The maximum atomic E-state index is 11.9. The lowest BCUT2D eigenvalue weighted by Crippen LogP contribution is -2.66. The molecule has 0 aromatic carbocycles. The minimum atomic E-state index is -2.79. The third-order valence-electron chi connectivity index (χ3n) is 4.67. The number of carbonyl (C=O) groups excluding carboxylic acids is 1. The van der Waals surface area contributed by atoms with Gasteiger partial charge in [0, 0.05) is 6.42 Å². The molecule has 154 valence electrons. The van der Waals surface area contributed by atoms with Crippen molar-refractivity contribution < 1.29 is 39.8 Å². The second kappa shape index (κ2) is 11.8. The number of aliphatic hydroxyl groups excluding tert-OH is 4. The first-order valence-corrected chi connectivity index (χ1v) is 9.62. The van der Waals surface area contributed by atoms with Crippen molar-refractivity contribution in [1.29, 1.82) is 0 Å². The first-order valence-electron chi connectivity index (χ1n) is 9.62. The van der Waals surface area contributed by atoms with Crippen LogP contribution in [0, 0.1) is 0 Å². The van der Waals surface area contributed by atoms with Crippen molar-refractivity contribution in [1.82, 2.24) is 0 Å². The minimum Gasteiger partial charge on any atom is -0.406 e. The van der Waals surface area contributed by atoms with Crippen LogP contribution in [0.2, 0.25) is 0 Å². The third kappa shape index (κ3) is 7.09. The van der Waals surface area contributed by atoms with E-state index in [-0.39, 0.29) is 6.42 Å². The van der Waals surface area contributed by atoms with Crippen LogP contribution in [0.3, 0.4) is 0 Å². The van der Waals surface area contributed by atoms with Crippen molar-refractivity contribution in [2.75, 3.05) is 6.61 Å². The predicted octanol–water partition coefficient (Wildman–Crippen LogP) is 0.570. The number of rotatable bonds is 12. The van der Waals surface area contributed by atoms with E-state index in [1.165, 1.54) is 32.1 Å². The molecule has 26 heavy (non-hydrogen) atoms. The maximum absolute atomic E-state index is 11.9. The van der Waals surface area contributed by atoms with Crippen LogP contribution in [0.15, 0.2) is 0 Å². The van der Waals surface area contributed by atoms with Crippen molar-refractivity contribution in [2.24, 2.45) is 0 Å². The SMILES string of the molecule is CCCCCCCCCCCC(=O)OC1(O)O[C@H](CO)[C@@H](O)[C@H](O)[C@H]1O. The fourth-order valence-corrected chi connectivity index (χ4v) is 3.00. The number of carbonyl (C=O) groups is 1. The van der Waals surface area contributed by atoms with Gasteiger partial charge in [-0.25, -0.2) is 0 Å². The molecule has 0 amide bonds. The van der Waals surface area contributed by atoms with E-state index in [4.69, 9.17) is 14.6 Å². The van der Waals surface area contributed by atoms with Gasteiger partial charge >= 0.3 is 11.9 Å². The first-order chi connectivity index (χ1) is 12.4. The van der Waals surface area contributed by atoms with E-state index in [1.54, 1.807) is 0 Å². The summed E-state index contributed by atoms with van der Waals surface area (Å²) >= 11 is 0. The van der Waals surface area contributed by atoms with Gasteiger partial charge in [0.2, 0.25) is 0 Å². The van der Waals surface area contributed by atoms with Crippen molar-refractivity contribution in [3.8, 4) is 0 Å². The quantitative estimate of drug-likeness (QED) is 0.189. The summed E-state index contributed by atoms with van der Waals surface area (Å²) in [5.41, 5.74) is 0. The van der Waals surface area contributed by atoms with Crippen LogP contribution in [0.1, 0.15) is 71.1 Å². The van der Waals surface area contributed by atoms with Crippen LogP contribution < -0.4 is 0 Å². The molecule has 0 aromatic heterocycles. The number of aliphatic hydroxyl groups is 5. The molecular weight excluding hydrogens is 344 g/mol. The Kier molecular flexibility index (Phi) is 10.6. The van der Waals surface area contributed by atoms with E-state index in [9.17, 15) is 25.2 Å². The molecule has 1 aliphatic heterocycles. The zero-order valence-electron chi connectivity index (χ0n) is 15.5. The second-order valence-corrected chi connectivity index (χ2v) is 6.95. The summed E-state index contributed by atoms with van der Waals surface area (Å²) in [5, 5.41) is 48.4. The van der Waals surface area contributed by atoms with Crippen LogP contribution >= 0.6 is 0 Å². The van der Waals surface area contributed by atoms with Gasteiger partial charge in [0.25, 0.3) is 0 Å². The van der Waals surface area contributed by atoms with Gasteiger partial charge in [0.05, 0.1) is 6.61 Å². The van der Waals surface area contributed by atoms with Gasteiger partial charge in [0.15, 0.2) is 6.10 Å². The Balaban J connectivity index is 2.27. The number of ether oxygens (including phenoxy) is 2. The smallest absolute Gasteiger partial charge is 0.357 e. The Bertz CT molecular complexity index is 403. The Hall–Kier alpha value is -0.770. The Morgan fingerprint density at radius 3 is 2.04 bits per heavy atom. The molecule has 1 rings (SSSR count). The highest BCUT2D eigenvalue weighted by Gasteiger charge is 2.55. The molecule has 0 radical (unpaired) electrons. The predicted molar refractivity (Wildman–Crippen MR) is 92.9 cm³/mol. The number of hydrogen-bond acceptors (Lipinski definition) is 8.